The van der Waals surface area contributed by atoms with Crippen molar-refractivity contribution in [1.82, 2.24) is 9.47 Å². The van der Waals surface area contributed by atoms with Crippen molar-refractivity contribution in [3.63, 3.8) is 0 Å². The number of nitrogens with zero attached hydrogens (tertiary/aromatic N) is 2. The van der Waals surface area contributed by atoms with E-state index in [2.05, 4.69) is 5.32 Å². The minimum atomic E-state index is -2.04. The standard InChI is InChI=1S/C30H27ClFN3O5/c1-34-17-22(21-6-2-3-7-25(21)34)28(37)33-24-13-10-19(16-23(24)31)26(32)27(36)29(35-14-4-5-15-35)40-20-11-8-18(9-12-20)30(38)39/h2-3,6-13,16-17,26,29H,4-5,14-15H2,1H3,(H,33,37)(H,38,39). The third-order valence-corrected chi connectivity index (χ3v) is 7.30. The van der Waals surface area contributed by atoms with Crippen molar-refractivity contribution < 1.29 is 28.6 Å². The molecular formula is C30H27ClFN3O5. The molecule has 10 heteroatoms. The van der Waals surface area contributed by atoms with Gasteiger partial charge in [-0.25, -0.2) is 9.18 Å². The molecule has 2 atom stereocenters. The Labute approximate surface area is 234 Å². The molecule has 40 heavy (non-hydrogen) atoms. The Bertz CT molecular complexity index is 1580. The van der Waals surface area contributed by atoms with Crippen molar-refractivity contribution in [2.24, 2.45) is 7.05 Å². The van der Waals surface area contributed by atoms with Gasteiger partial charge in [0.25, 0.3) is 5.91 Å². The second kappa shape index (κ2) is 11.5. The van der Waals surface area contributed by atoms with E-state index < -0.39 is 24.2 Å². The molecule has 4 aromatic rings. The summed E-state index contributed by atoms with van der Waals surface area (Å²) in [5, 5.41) is 12.8. The number of halogens is 2. The van der Waals surface area contributed by atoms with E-state index in [1.807, 2.05) is 35.9 Å². The fraction of sp³-hybridized carbons (Fsp3) is 0.233. The van der Waals surface area contributed by atoms with Crippen LogP contribution in [0.2, 0.25) is 5.02 Å². The van der Waals surface area contributed by atoms with Gasteiger partial charge in [0.2, 0.25) is 12.0 Å². The smallest absolute Gasteiger partial charge is 0.335 e. The van der Waals surface area contributed by atoms with E-state index >= 15 is 4.39 Å². The molecule has 2 N–H and O–H groups in total. The highest BCUT2D eigenvalue weighted by atomic mass is 35.5. The number of carbonyl (C=O) groups is 3. The lowest BCUT2D eigenvalue weighted by Gasteiger charge is -2.28. The summed E-state index contributed by atoms with van der Waals surface area (Å²) in [6.07, 6.45) is 0.186. The average molecular weight is 564 g/mol. The van der Waals surface area contributed by atoms with Gasteiger partial charge in [-0.1, -0.05) is 35.9 Å². The monoisotopic (exact) mass is 563 g/mol. The van der Waals surface area contributed by atoms with Gasteiger partial charge in [-0.3, -0.25) is 14.5 Å². The Morgan fingerprint density at radius 2 is 1.73 bits per heavy atom. The van der Waals surface area contributed by atoms with Crippen LogP contribution in [0.4, 0.5) is 10.1 Å². The first-order chi connectivity index (χ1) is 19.2. The van der Waals surface area contributed by atoms with Gasteiger partial charge in [0.1, 0.15) is 5.75 Å². The highest BCUT2D eigenvalue weighted by Gasteiger charge is 2.36. The van der Waals surface area contributed by atoms with Crippen LogP contribution >= 0.6 is 11.6 Å². The fourth-order valence-corrected chi connectivity index (χ4v) is 5.12. The number of para-hydroxylation sites is 1. The van der Waals surface area contributed by atoms with Crippen LogP contribution in [0.15, 0.2) is 72.9 Å². The lowest BCUT2D eigenvalue weighted by molar-refractivity contribution is -0.139. The summed E-state index contributed by atoms with van der Waals surface area (Å²) in [5.74, 6) is -1.99. The number of carboxylic acid groups (broad SMARTS) is 1. The molecule has 0 spiro atoms. The first-order valence-corrected chi connectivity index (χ1v) is 13.2. The highest BCUT2D eigenvalue weighted by Crippen LogP contribution is 2.31. The fourth-order valence-electron chi connectivity index (χ4n) is 4.89. The van der Waals surface area contributed by atoms with E-state index in [9.17, 15) is 14.4 Å². The first kappa shape index (κ1) is 27.4. The van der Waals surface area contributed by atoms with E-state index in [1.54, 1.807) is 11.1 Å². The first-order valence-electron chi connectivity index (χ1n) is 12.8. The maximum absolute atomic E-state index is 15.6. The quantitative estimate of drug-likeness (QED) is 0.264. The van der Waals surface area contributed by atoms with Crippen molar-refractivity contribution in [1.29, 1.82) is 0 Å². The lowest BCUT2D eigenvalue weighted by Crippen LogP contribution is -2.45. The maximum atomic E-state index is 15.6. The number of ketones is 1. The van der Waals surface area contributed by atoms with Crippen LogP contribution in [0, 0.1) is 0 Å². The Balaban J connectivity index is 1.33. The Hall–Kier alpha value is -4.21. The summed E-state index contributed by atoms with van der Waals surface area (Å²) >= 11 is 6.42. The number of benzene rings is 3. The number of fused-ring (bicyclic) bond motifs is 1. The molecule has 1 aliphatic heterocycles. The summed E-state index contributed by atoms with van der Waals surface area (Å²) in [6, 6.07) is 17.3. The van der Waals surface area contributed by atoms with Crippen LogP contribution in [-0.4, -0.2) is 51.6 Å². The van der Waals surface area contributed by atoms with Crippen LogP contribution < -0.4 is 10.1 Å². The summed E-state index contributed by atoms with van der Waals surface area (Å²) < 4.78 is 23.4. The molecule has 5 rings (SSSR count). The number of amides is 1. The number of hydrogen-bond donors (Lipinski definition) is 2. The van der Waals surface area contributed by atoms with Gasteiger partial charge < -0.3 is 19.7 Å². The molecule has 1 saturated heterocycles. The predicted octanol–water partition coefficient (Wildman–Crippen LogP) is 5.86. The minimum absolute atomic E-state index is 0.0344. The molecule has 0 aliphatic carbocycles. The molecule has 3 aromatic carbocycles. The predicted molar refractivity (Wildman–Crippen MR) is 150 cm³/mol. The maximum Gasteiger partial charge on any atom is 0.335 e. The molecular weight excluding hydrogens is 537 g/mol. The normalized spacial score (nSPS) is 15.1. The SMILES string of the molecule is Cn1cc(C(=O)Nc2ccc(C(F)C(=O)C(Oc3ccc(C(=O)O)cc3)N3CCCC3)cc2Cl)c2ccccc21. The minimum Gasteiger partial charge on any atom is -0.478 e. The third kappa shape index (κ3) is 5.57. The largest absolute Gasteiger partial charge is 0.478 e. The zero-order valence-corrected chi connectivity index (χ0v) is 22.4. The number of carboxylic acids is 1. The number of likely N-dealkylation sites (tertiary alicyclic amines) is 1. The van der Waals surface area contributed by atoms with Gasteiger partial charge >= 0.3 is 5.97 Å². The molecule has 1 aromatic heterocycles. The second-order valence-electron chi connectivity index (χ2n) is 9.67. The van der Waals surface area contributed by atoms with Crippen LogP contribution in [-0.2, 0) is 11.8 Å². The molecule has 0 bridgehead atoms. The molecule has 8 nitrogen and oxygen atoms in total. The van der Waals surface area contributed by atoms with Crippen LogP contribution in [0.25, 0.3) is 10.9 Å². The number of anilines is 1. The molecule has 206 valence electrons. The van der Waals surface area contributed by atoms with Gasteiger partial charge in [0.15, 0.2) is 6.17 Å². The number of alkyl halides is 1. The number of carbonyl (C=O) groups excluding carboxylic acids is 2. The van der Waals surface area contributed by atoms with Gasteiger partial charge in [0, 0.05) is 37.2 Å². The third-order valence-electron chi connectivity index (χ3n) is 6.99. The number of rotatable bonds is 9. The van der Waals surface area contributed by atoms with E-state index in [-0.39, 0.29) is 33.5 Å². The van der Waals surface area contributed by atoms with Gasteiger partial charge in [0.05, 0.1) is 21.8 Å². The second-order valence-corrected chi connectivity index (χ2v) is 10.1. The summed E-state index contributed by atoms with van der Waals surface area (Å²) in [7, 11) is 1.85. The Kier molecular flexibility index (Phi) is 7.86. The zero-order chi connectivity index (χ0) is 28.4. The number of aromatic nitrogens is 1. The molecule has 1 amide bonds. The Morgan fingerprint density at radius 3 is 2.40 bits per heavy atom. The summed E-state index contributed by atoms with van der Waals surface area (Å²) in [6.45, 7) is 1.13. The molecule has 2 unspecified atom stereocenters. The van der Waals surface area contributed by atoms with Gasteiger partial charge in [-0.05, 0) is 60.9 Å². The number of nitrogens with one attached hydrogen (secondary N) is 1. The van der Waals surface area contributed by atoms with Crippen LogP contribution in [0.1, 0.15) is 45.3 Å². The van der Waals surface area contributed by atoms with Crippen LogP contribution in [0.5, 0.6) is 5.75 Å². The number of hydrogen-bond acceptors (Lipinski definition) is 5. The average Bonchev–Trinajstić information content (AvgIpc) is 3.61. The number of ether oxygens (including phenoxy) is 1. The van der Waals surface area contributed by atoms with E-state index in [1.165, 1.54) is 42.5 Å². The van der Waals surface area contributed by atoms with E-state index in [0.717, 1.165) is 23.7 Å². The van der Waals surface area contributed by atoms with Crippen molar-refractivity contribution in [3.05, 3.63) is 94.6 Å². The summed E-state index contributed by atoms with van der Waals surface area (Å²) in [4.78, 5) is 39.3. The van der Waals surface area contributed by atoms with Crippen molar-refractivity contribution in [2.45, 2.75) is 25.2 Å². The van der Waals surface area contributed by atoms with Crippen molar-refractivity contribution in [2.75, 3.05) is 18.4 Å². The molecule has 1 fully saturated rings. The number of aromatic carboxylic acids is 1. The zero-order valence-electron chi connectivity index (χ0n) is 21.6. The van der Waals surface area contributed by atoms with Crippen LogP contribution in [0.3, 0.4) is 0 Å². The number of aryl methyl sites for hydroxylation is 1. The molecule has 0 radical (unpaired) electrons. The van der Waals surface area contributed by atoms with Gasteiger partial charge in [-0.15, -0.1) is 0 Å². The Morgan fingerprint density at radius 1 is 1.02 bits per heavy atom. The van der Waals surface area contributed by atoms with E-state index in [4.69, 9.17) is 21.4 Å². The topological polar surface area (TPSA) is 101 Å². The van der Waals surface area contributed by atoms with E-state index in [0.29, 0.717) is 18.7 Å². The summed E-state index contributed by atoms with van der Waals surface area (Å²) in [5.41, 5.74) is 1.77. The lowest BCUT2D eigenvalue weighted by atomic mass is 10.0. The number of Topliss-reactive ketones (excluding diaryl/α,β-unsaturated/α-hetero) is 1. The molecule has 2 heterocycles. The van der Waals surface area contributed by atoms with Crippen molar-refractivity contribution >= 4 is 45.9 Å². The highest BCUT2D eigenvalue weighted by molar-refractivity contribution is 6.34. The molecule has 0 saturated carbocycles. The molecule has 1 aliphatic rings. The van der Waals surface area contributed by atoms with Crippen molar-refractivity contribution in [3.8, 4) is 5.75 Å². The van der Waals surface area contributed by atoms with Gasteiger partial charge in [-0.2, -0.15) is 0 Å².